The van der Waals surface area contributed by atoms with Gasteiger partial charge in [0.05, 0.1) is 0 Å². The Hall–Kier alpha value is -1.76. The molecule has 0 aliphatic rings. The molecule has 0 saturated carbocycles. The first-order valence-electron chi connectivity index (χ1n) is 6.94. The van der Waals surface area contributed by atoms with Gasteiger partial charge in [-0.3, -0.25) is 0 Å². The number of phenolic OH excluding ortho intramolecular Hbond substituents is 1. The molecule has 1 atom stereocenters. The third-order valence-electron chi connectivity index (χ3n) is 3.62. The minimum absolute atomic E-state index is 0.354. The van der Waals surface area contributed by atoms with E-state index in [1.165, 1.54) is 11.1 Å². The normalized spacial score (nSPS) is 12.6. The standard InChI is InChI=1S/C18H22O/c1-13(2)17-12-15(9-10-18(17)19)11-14(3)16-7-5-4-6-8-16/h4-10,12-14,19H,11H2,1-3H3. The third kappa shape index (κ3) is 3.37. The van der Waals surface area contributed by atoms with E-state index in [0.29, 0.717) is 17.6 Å². The molecule has 0 fully saturated rings. The summed E-state index contributed by atoms with van der Waals surface area (Å²) >= 11 is 0. The van der Waals surface area contributed by atoms with E-state index in [4.69, 9.17) is 0 Å². The monoisotopic (exact) mass is 254 g/mol. The molecule has 1 N–H and O–H groups in total. The maximum atomic E-state index is 9.86. The Bertz CT molecular complexity index is 529. The summed E-state index contributed by atoms with van der Waals surface area (Å²) in [5.74, 6) is 1.25. The van der Waals surface area contributed by atoms with Gasteiger partial charge in [-0.25, -0.2) is 0 Å². The number of phenols is 1. The summed E-state index contributed by atoms with van der Waals surface area (Å²) in [5.41, 5.74) is 3.69. The van der Waals surface area contributed by atoms with E-state index >= 15 is 0 Å². The molecule has 0 amide bonds. The topological polar surface area (TPSA) is 20.2 Å². The molecule has 1 nitrogen and oxygen atoms in total. The zero-order chi connectivity index (χ0) is 13.8. The van der Waals surface area contributed by atoms with Crippen molar-refractivity contribution in [3.8, 4) is 5.75 Å². The fraction of sp³-hybridized carbons (Fsp3) is 0.333. The molecule has 0 bridgehead atoms. The highest BCUT2D eigenvalue weighted by Crippen LogP contribution is 2.28. The molecule has 0 aromatic heterocycles. The van der Waals surface area contributed by atoms with Gasteiger partial charge in [0.25, 0.3) is 0 Å². The van der Waals surface area contributed by atoms with Crippen molar-refractivity contribution in [2.75, 3.05) is 0 Å². The van der Waals surface area contributed by atoms with E-state index in [0.717, 1.165) is 12.0 Å². The fourth-order valence-corrected chi connectivity index (χ4v) is 2.45. The van der Waals surface area contributed by atoms with Gasteiger partial charge in [0.1, 0.15) is 5.75 Å². The van der Waals surface area contributed by atoms with E-state index in [1.54, 1.807) is 0 Å². The van der Waals surface area contributed by atoms with Crippen molar-refractivity contribution in [1.82, 2.24) is 0 Å². The van der Waals surface area contributed by atoms with Crippen LogP contribution in [-0.4, -0.2) is 5.11 Å². The largest absolute Gasteiger partial charge is 0.508 e. The first-order valence-corrected chi connectivity index (χ1v) is 6.94. The molecule has 2 aromatic carbocycles. The molecule has 1 heteroatoms. The summed E-state index contributed by atoms with van der Waals surface area (Å²) in [7, 11) is 0. The van der Waals surface area contributed by atoms with Gasteiger partial charge >= 0.3 is 0 Å². The van der Waals surface area contributed by atoms with Gasteiger partial charge in [0.2, 0.25) is 0 Å². The van der Waals surface area contributed by atoms with Gasteiger partial charge in [0.15, 0.2) is 0 Å². The van der Waals surface area contributed by atoms with Crippen LogP contribution in [0.5, 0.6) is 5.75 Å². The first kappa shape index (κ1) is 13.7. The van der Waals surface area contributed by atoms with Crippen molar-refractivity contribution in [3.05, 3.63) is 65.2 Å². The van der Waals surface area contributed by atoms with Gasteiger partial charge in [0, 0.05) is 0 Å². The second kappa shape index (κ2) is 5.92. The Morgan fingerprint density at radius 2 is 1.63 bits per heavy atom. The summed E-state index contributed by atoms with van der Waals surface area (Å²) in [6.07, 6.45) is 1.00. The van der Waals surface area contributed by atoms with Crippen LogP contribution in [0, 0.1) is 0 Å². The van der Waals surface area contributed by atoms with E-state index in [2.05, 4.69) is 51.1 Å². The summed E-state index contributed by atoms with van der Waals surface area (Å²) in [6.45, 7) is 6.47. The zero-order valence-electron chi connectivity index (χ0n) is 11.9. The van der Waals surface area contributed by atoms with Crippen LogP contribution in [0.15, 0.2) is 48.5 Å². The van der Waals surface area contributed by atoms with Crippen LogP contribution in [0.2, 0.25) is 0 Å². The molecule has 0 aliphatic carbocycles. The van der Waals surface area contributed by atoms with E-state index in [1.807, 2.05) is 18.2 Å². The van der Waals surface area contributed by atoms with Crippen molar-refractivity contribution in [2.24, 2.45) is 0 Å². The molecule has 2 rings (SSSR count). The van der Waals surface area contributed by atoms with Crippen molar-refractivity contribution in [2.45, 2.75) is 39.0 Å². The second-order valence-electron chi connectivity index (χ2n) is 5.56. The molecule has 0 radical (unpaired) electrons. The minimum Gasteiger partial charge on any atom is -0.508 e. The highest BCUT2D eigenvalue weighted by Gasteiger charge is 2.10. The zero-order valence-corrected chi connectivity index (χ0v) is 11.9. The van der Waals surface area contributed by atoms with E-state index < -0.39 is 0 Å². The Morgan fingerprint density at radius 3 is 2.26 bits per heavy atom. The average Bonchev–Trinajstić information content (AvgIpc) is 2.41. The lowest BCUT2D eigenvalue weighted by atomic mass is 9.91. The highest BCUT2D eigenvalue weighted by atomic mass is 16.3. The minimum atomic E-state index is 0.354. The second-order valence-corrected chi connectivity index (χ2v) is 5.56. The van der Waals surface area contributed by atoms with Crippen molar-refractivity contribution >= 4 is 0 Å². The first-order chi connectivity index (χ1) is 9.08. The number of rotatable bonds is 4. The van der Waals surface area contributed by atoms with Gasteiger partial charge in [-0.2, -0.15) is 0 Å². The number of hydrogen-bond donors (Lipinski definition) is 1. The lowest BCUT2D eigenvalue weighted by molar-refractivity contribution is 0.464. The highest BCUT2D eigenvalue weighted by molar-refractivity contribution is 5.39. The Balaban J connectivity index is 2.18. The smallest absolute Gasteiger partial charge is 0.119 e. The summed E-state index contributed by atoms with van der Waals surface area (Å²) in [5, 5.41) is 9.86. The third-order valence-corrected chi connectivity index (χ3v) is 3.62. The molecule has 0 saturated heterocycles. The Labute approximate surface area is 115 Å². The van der Waals surface area contributed by atoms with Crippen LogP contribution in [0.1, 0.15) is 49.3 Å². The predicted octanol–water partition coefficient (Wildman–Crippen LogP) is 4.86. The molecule has 0 spiro atoms. The molecule has 19 heavy (non-hydrogen) atoms. The Kier molecular flexibility index (Phi) is 4.26. The van der Waals surface area contributed by atoms with Gasteiger partial charge in [-0.15, -0.1) is 0 Å². The molecular weight excluding hydrogens is 232 g/mol. The number of benzene rings is 2. The molecule has 2 aromatic rings. The molecule has 100 valence electrons. The molecular formula is C18H22O. The van der Waals surface area contributed by atoms with Crippen molar-refractivity contribution < 1.29 is 5.11 Å². The summed E-state index contributed by atoms with van der Waals surface area (Å²) in [6, 6.07) is 16.6. The molecule has 0 heterocycles. The maximum absolute atomic E-state index is 9.86. The predicted molar refractivity (Wildman–Crippen MR) is 80.8 cm³/mol. The van der Waals surface area contributed by atoms with Crippen LogP contribution in [0.25, 0.3) is 0 Å². The van der Waals surface area contributed by atoms with Crippen LogP contribution in [-0.2, 0) is 6.42 Å². The molecule has 1 unspecified atom stereocenters. The van der Waals surface area contributed by atoms with Crippen LogP contribution >= 0.6 is 0 Å². The SMILES string of the molecule is CC(C)c1cc(CC(C)c2ccccc2)ccc1O. The summed E-state index contributed by atoms with van der Waals surface area (Å²) < 4.78 is 0. The van der Waals surface area contributed by atoms with Crippen molar-refractivity contribution in [3.63, 3.8) is 0 Å². The van der Waals surface area contributed by atoms with Crippen LogP contribution < -0.4 is 0 Å². The fourth-order valence-electron chi connectivity index (χ4n) is 2.45. The Morgan fingerprint density at radius 1 is 0.947 bits per heavy atom. The maximum Gasteiger partial charge on any atom is 0.119 e. The van der Waals surface area contributed by atoms with Crippen LogP contribution in [0.3, 0.4) is 0 Å². The summed E-state index contributed by atoms with van der Waals surface area (Å²) in [4.78, 5) is 0. The average molecular weight is 254 g/mol. The van der Waals surface area contributed by atoms with E-state index in [-0.39, 0.29) is 0 Å². The van der Waals surface area contributed by atoms with Gasteiger partial charge < -0.3 is 5.11 Å². The van der Waals surface area contributed by atoms with Crippen LogP contribution in [0.4, 0.5) is 0 Å². The van der Waals surface area contributed by atoms with E-state index in [9.17, 15) is 5.11 Å². The molecule has 0 aliphatic heterocycles. The van der Waals surface area contributed by atoms with Gasteiger partial charge in [-0.1, -0.05) is 63.2 Å². The number of aromatic hydroxyl groups is 1. The quantitative estimate of drug-likeness (QED) is 0.826. The lowest BCUT2D eigenvalue weighted by Crippen LogP contribution is -1.99. The van der Waals surface area contributed by atoms with Gasteiger partial charge in [-0.05, 0) is 41.0 Å². The number of hydrogen-bond acceptors (Lipinski definition) is 1. The van der Waals surface area contributed by atoms with Crippen molar-refractivity contribution in [1.29, 1.82) is 0 Å². The lowest BCUT2D eigenvalue weighted by Gasteiger charge is -2.15.